The lowest BCUT2D eigenvalue weighted by molar-refractivity contribution is 0.0844. The summed E-state index contributed by atoms with van der Waals surface area (Å²) in [6.07, 6.45) is 1.39. The summed E-state index contributed by atoms with van der Waals surface area (Å²) < 4.78 is 31.7. The third-order valence-corrected chi connectivity index (χ3v) is 2.75. The third-order valence-electron chi connectivity index (χ3n) is 2.75. The van der Waals surface area contributed by atoms with E-state index < -0.39 is 17.4 Å². The molecular weight excluding hydrogens is 202 g/mol. The molecule has 0 amide bonds. The number of rotatable bonds is 1. The molecule has 1 saturated heterocycles. The Balaban J connectivity index is 2.31. The van der Waals surface area contributed by atoms with Gasteiger partial charge in [0.15, 0.2) is 11.6 Å². The minimum absolute atomic E-state index is 0.00569. The molecule has 0 unspecified atom stereocenters. The Kier molecular flexibility index (Phi) is 2.86. The fraction of sp³-hybridized carbons (Fsp3) is 0.455. The lowest BCUT2D eigenvalue weighted by Crippen LogP contribution is -2.15. The van der Waals surface area contributed by atoms with E-state index in [2.05, 4.69) is 0 Å². The van der Waals surface area contributed by atoms with Gasteiger partial charge in [0.2, 0.25) is 5.82 Å². The maximum atomic E-state index is 13.5. The van der Waals surface area contributed by atoms with Crippen molar-refractivity contribution in [2.45, 2.75) is 18.8 Å². The van der Waals surface area contributed by atoms with Crippen LogP contribution in [0.25, 0.3) is 0 Å². The Labute approximate surface area is 86.5 Å². The fourth-order valence-electron chi connectivity index (χ4n) is 1.88. The van der Waals surface area contributed by atoms with Crippen LogP contribution >= 0.6 is 0 Å². The van der Waals surface area contributed by atoms with Crippen LogP contribution in [0.3, 0.4) is 0 Å². The first-order valence-electron chi connectivity index (χ1n) is 4.94. The lowest BCUT2D eigenvalue weighted by atomic mass is 9.91. The van der Waals surface area contributed by atoms with Gasteiger partial charge < -0.3 is 9.84 Å². The first-order valence-corrected chi connectivity index (χ1v) is 4.94. The quantitative estimate of drug-likeness (QED) is 0.778. The SMILES string of the molecule is Oc1ccc(C2CCOCC2)c(F)c1F. The Bertz CT molecular complexity index is 360. The Morgan fingerprint density at radius 1 is 1.13 bits per heavy atom. The predicted molar refractivity (Wildman–Crippen MR) is 50.8 cm³/mol. The van der Waals surface area contributed by atoms with E-state index in [4.69, 9.17) is 9.84 Å². The van der Waals surface area contributed by atoms with E-state index in [0.29, 0.717) is 31.6 Å². The second-order valence-corrected chi connectivity index (χ2v) is 3.69. The summed E-state index contributed by atoms with van der Waals surface area (Å²) in [4.78, 5) is 0. The minimum atomic E-state index is -1.15. The minimum Gasteiger partial charge on any atom is -0.505 e. The van der Waals surface area contributed by atoms with E-state index in [1.54, 1.807) is 0 Å². The molecule has 1 fully saturated rings. The van der Waals surface area contributed by atoms with Gasteiger partial charge in [0.1, 0.15) is 0 Å². The summed E-state index contributed by atoms with van der Waals surface area (Å²) in [5.74, 6) is -2.72. The molecule has 1 heterocycles. The van der Waals surface area contributed by atoms with Crippen molar-refractivity contribution in [3.05, 3.63) is 29.3 Å². The molecule has 1 aromatic rings. The lowest BCUT2D eigenvalue weighted by Gasteiger charge is -2.22. The molecule has 0 radical (unpaired) electrons. The van der Waals surface area contributed by atoms with Crippen LogP contribution < -0.4 is 0 Å². The van der Waals surface area contributed by atoms with E-state index in [1.165, 1.54) is 12.1 Å². The number of ether oxygens (including phenoxy) is 1. The van der Waals surface area contributed by atoms with Crippen molar-refractivity contribution in [1.82, 2.24) is 0 Å². The van der Waals surface area contributed by atoms with Crippen LogP contribution in [0.15, 0.2) is 12.1 Å². The summed E-state index contributed by atoms with van der Waals surface area (Å²) in [6.45, 7) is 1.15. The number of phenols is 1. The molecule has 15 heavy (non-hydrogen) atoms. The highest BCUT2D eigenvalue weighted by molar-refractivity contribution is 5.32. The highest BCUT2D eigenvalue weighted by Crippen LogP contribution is 2.32. The number of benzene rings is 1. The topological polar surface area (TPSA) is 29.5 Å². The zero-order chi connectivity index (χ0) is 10.8. The van der Waals surface area contributed by atoms with Crippen molar-refractivity contribution in [1.29, 1.82) is 0 Å². The molecule has 0 saturated carbocycles. The van der Waals surface area contributed by atoms with Gasteiger partial charge in [-0.15, -0.1) is 0 Å². The van der Waals surface area contributed by atoms with Crippen LogP contribution in [-0.4, -0.2) is 18.3 Å². The molecule has 0 atom stereocenters. The number of hydrogen-bond acceptors (Lipinski definition) is 2. The average Bonchev–Trinajstić information content (AvgIpc) is 2.27. The maximum absolute atomic E-state index is 13.5. The van der Waals surface area contributed by atoms with Crippen molar-refractivity contribution >= 4 is 0 Å². The molecule has 1 aromatic carbocycles. The highest BCUT2D eigenvalue weighted by atomic mass is 19.2. The number of hydrogen-bond donors (Lipinski definition) is 1. The smallest absolute Gasteiger partial charge is 0.200 e. The summed E-state index contributed by atoms with van der Waals surface area (Å²) in [6, 6.07) is 2.65. The molecule has 0 bridgehead atoms. The van der Waals surface area contributed by atoms with Gasteiger partial charge in [0.05, 0.1) is 0 Å². The summed E-state index contributed by atoms with van der Waals surface area (Å²) in [5.41, 5.74) is 0.341. The normalized spacial score (nSPS) is 18.0. The zero-order valence-corrected chi connectivity index (χ0v) is 8.17. The molecule has 0 spiro atoms. The highest BCUT2D eigenvalue weighted by Gasteiger charge is 2.22. The van der Waals surface area contributed by atoms with Gasteiger partial charge in [-0.2, -0.15) is 4.39 Å². The Morgan fingerprint density at radius 2 is 1.80 bits per heavy atom. The number of halogens is 2. The van der Waals surface area contributed by atoms with Crippen molar-refractivity contribution < 1.29 is 18.6 Å². The second kappa shape index (κ2) is 4.14. The van der Waals surface area contributed by atoms with Crippen molar-refractivity contribution in [3.8, 4) is 5.75 Å². The van der Waals surface area contributed by atoms with Crippen LogP contribution in [0.4, 0.5) is 8.78 Å². The van der Waals surface area contributed by atoms with Gasteiger partial charge in [0.25, 0.3) is 0 Å². The van der Waals surface area contributed by atoms with Gasteiger partial charge in [-0.3, -0.25) is 0 Å². The van der Waals surface area contributed by atoms with Gasteiger partial charge in [-0.25, -0.2) is 4.39 Å². The van der Waals surface area contributed by atoms with Crippen LogP contribution in [0, 0.1) is 11.6 Å². The molecule has 1 aliphatic heterocycles. The van der Waals surface area contributed by atoms with Crippen LogP contribution in [0.5, 0.6) is 5.75 Å². The monoisotopic (exact) mass is 214 g/mol. The standard InChI is InChI=1S/C11H12F2O2/c12-10-8(1-2-9(14)11(10)13)7-3-5-15-6-4-7/h1-2,7,14H,3-6H2. The number of aromatic hydroxyl groups is 1. The molecule has 4 heteroatoms. The summed E-state index contributed by atoms with van der Waals surface area (Å²) in [5, 5.41) is 8.98. The van der Waals surface area contributed by atoms with Crippen LogP contribution in [0.2, 0.25) is 0 Å². The average molecular weight is 214 g/mol. The molecule has 82 valence electrons. The largest absolute Gasteiger partial charge is 0.505 e. The van der Waals surface area contributed by atoms with Crippen molar-refractivity contribution in [2.75, 3.05) is 13.2 Å². The Hall–Kier alpha value is -1.16. The summed E-state index contributed by atoms with van der Waals surface area (Å²) in [7, 11) is 0. The molecule has 0 aromatic heterocycles. The van der Waals surface area contributed by atoms with Crippen LogP contribution in [-0.2, 0) is 4.74 Å². The second-order valence-electron chi connectivity index (χ2n) is 3.69. The van der Waals surface area contributed by atoms with E-state index in [-0.39, 0.29) is 5.92 Å². The van der Waals surface area contributed by atoms with Gasteiger partial charge in [-0.05, 0) is 30.4 Å². The maximum Gasteiger partial charge on any atom is 0.200 e. The van der Waals surface area contributed by atoms with Crippen LogP contribution in [0.1, 0.15) is 24.3 Å². The van der Waals surface area contributed by atoms with E-state index in [0.717, 1.165) is 0 Å². The number of phenolic OH excluding ortho intramolecular Hbond substituents is 1. The fourth-order valence-corrected chi connectivity index (χ4v) is 1.88. The molecule has 1 N–H and O–H groups in total. The van der Waals surface area contributed by atoms with E-state index >= 15 is 0 Å². The molecule has 0 aliphatic carbocycles. The first-order chi connectivity index (χ1) is 7.20. The van der Waals surface area contributed by atoms with Crippen molar-refractivity contribution in [3.63, 3.8) is 0 Å². The predicted octanol–water partition coefficient (Wildman–Crippen LogP) is 2.56. The zero-order valence-electron chi connectivity index (χ0n) is 8.17. The first kappa shape index (κ1) is 10.4. The van der Waals surface area contributed by atoms with E-state index in [1.807, 2.05) is 0 Å². The van der Waals surface area contributed by atoms with Gasteiger partial charge >= 0.3 is 0 Å². The molecule has 1 aliphatic rings. The third kappa shape index (κ3) is 1.95. The Morgan fingerprint density at radius 3 is 2.47 bits per heavy atom. The summed E-state index contributed by atoms with van der Waals surface area (Å²) >= 11 is 0. The van der Waals surface area contributed by atoms with E-state index in [9.17, 15) is 8.78 Å². The molecular formula is C11H12F2O2. The van der Waals surface area contributed by atoms with Gasteiger partial charge in [-0.1, -0.05) is 6.07 Å². The molecule has 2 nitrogen and oxygen atoms in total. The molecule has 2 rings (SSSR count). The van der Waals surface area contributed by atoms with Crippen molar-refractivity contribution in [2.24, 2.45) is 0 Å². The van der Waals surface area contributed by atoms with Gasteiger partial charge in [0, 0.05) is 13.2 Å².